The van der Waals surface area contributed by atoms with Crippen molar-refractivity contribution >= 4 is 28.3 Å². The van der Waals surface area contributed by atoms with Crippen LogP contribution in [0, 0.1) is 5.82 Å². The van der Waals surface area contributed by atoms with E-state index in [4.69, 9.17) is 17.3 Å². The zero-order valence-electron chi connectivity index (χ0n) is 11.2. The molecule has 1 saturated carbocycles. The van der Waals surface area contributed by atoms with Crippen LogP contribution in [0.3, 0.4) is 0 Å². The van der Waals surface area contributed by atoms with Gasteiger partial charge in [0, 0.05) is 16.6 Å². The summed E-state index contributed by atoms with van der Waals surface area (Å²) in [5, 5.41) is 0.651. The predicted molar refractivity (Wildman–Crippen MR) is 82.8 cm³/mol. The number of nitrogens with zero attached hydrogens (tertiary/aromatic N) is 2. The Kier molecular flexibility index (Phi) is 2.69. The van der Waals surface area contributed by atoms with Crippen molar-refractivity contribution in [2.45, 2.75) is 18.9 Å². The molecule has 3 nitrogen and oxygen atoms in total. The highest BCUT2D eigenvalue weighted by atomic mass is 35.5. The average Bonchev–Trinajstić information content (AvgIpc) is 3.22. The Labute approximate surface area is 126 Å². The molecule has 1 aliphatic rings. The molecule has 4 rings (SSSR count). The van der Waals surface area contributed by atoms with E-state index >= 15 is 0 Å². The number of nitrogen functional groups attached to an aromatic ring is 1. The minimum absolute atomic E-state index is 0.149. The summed E-state index contributed by atoms with van der Waals surface area (Å²) in [6.07, 6.45) is 2.25. The molecule has 0 bridgehead atoms. The van der Waals surface area contributed by atoms with Gasteiger partial charge in [-0.15, -0.1) is 0 Å². The lowest BCUT2D eigenvalue weighted by molar-refractivity contribution is 0.632. The van der Waals surface area contributed by atoms with Crippen LogP contribution in [0.4, 0.5) is 10.1 Å². The van der Waals surface area contributed by atoms with Crippen LogP contribution >= 0.6 is 11.6 Å². The number of aromatic nitrogens is 2. The number of halogens is 2. The number of rotatable bonds is 2. The summed E-state index contributed by atoms with van der Waals surface area (Å²) in [6, 6.07) is 10.9. The fraction of sp³-hybridized carbons (Fsp3) is 0.188. The van der Waals surface area contributed by atoms with Crippen molar-refractivity contribution in [2.75, 3.05) is 5.73 Å². The maximum atomic E-state index is 13.7. The Hall–Kier alpha value is -2.07. The van der Waals surface area contributed by atoms with Gasteiger partial charge in [-0.05, 0) is 49.2 Å². The quantitative estimate of drug-likeness (QED) is 0.712. The van der Waals surface area contributed by atoms with Crippen LogP contribution in [-0.2, 0) is 0 Å². The Bertz CT molecular complexity index is 852. The summed E-state index contributed by atoms with van der Waals surface area (Å²) in [5.74, 6) is 0.355. The van der Waals surface area contributed by atoms with Gasteiger partial charge in [0.25, 0.3) is 0 Å². The molecule has 0 spiro atoms. The first-order chi connectivity index (χ1) is 10.1. The predicted octanol–water partition coefficient (Wildman–Crippen LogP) is 4.41. The fourth-order valence-electron chi connectivity index (χ4n) is 2.64. The van der Waals surface area contributed by atoms with Gasteiger partial charge in [0.05, 0.1) is 16.7 Å². The van der Waals surface area contributed by atoms with E-state index in [1.54, 1.807) is 12.1 Å². The van der Waals surface area contributed by atoms with Crippen LogP contribution in [0.2, 0.25) is 5.02 Å². The smallest absolute Gasteiger partial charge is 0.146 e. The summed E-state index contributed by atoms with van der Waals surface area (Å²) in [5.41, 5.74) is 8.31. The molecule has 0 aliphatic heterocycles. The first kappa shape index (κ1) is 12.7. The summed E-state index contributed by atoms with van der Waals surface area (Å²) >= 11 is 6.04. The maximum Gasteiger partial charge on any atom is 0.146 e. The van der Waals surface area contributed by atoms with Gasteiger partial charge in [0.15, 0.2) is 0 Å². The van der Waals surface area contributed by atoms with Crippen LogP contribution in [-0.4, -0.2) is 9.55 Å². The second kappa shape index (κ2) is 4.46. The molecule has 0 saturated heterocycles. The highest BCUT2D eigenvalue weighted by Gasteiger charge is 2.28. The van der Waals surface area contributed by atoms with Gasteiger partial charge < -0.3 is 10.3 Å². The third-order valence-corrected chi connectivity index (χ3v) is 4.06. The molecule has 5 heteroatoms. The van der Waals surface area contributed by atoms with E-state index in [1.165, 1.54) is 6.07 Å². The normalized spacial score (nSPS) is 14.8. The monoisotopic (exact) mass is 301 g/mol. The number of fused-ring (bicyclic) bond motifs is 1. The molecule has 21 heavy (non-hydrogen) atoms. The summed E-state index contributed by atoms with van der Waals surface area (Å²) in [6.45, 7) is 0. The molecule has 106 valence electrons. The van der Waals surface area contributed by atoms with Crippen LogP contribution in [0.5, 0.6) is 0 Å². The lowest BCUT2D eigenvalue weighted by Gasteiger charge is -2.08. The standard InChI is InChI=1S/C16H13ClFN3/c17-10-2-6-15-14(8-10)20-16(21(15)11-3-4-11)9-1-5-13(19)12(18)7-9/h1-2,5-8,11H,3-4,19H2. The van der Waals surface area contributed by atoms with Crippen molar-refractivity contribution < 1.29 is 4.39 Å². The van der Waals surface area contributed by atoms with E-state index in [0.29, 0.717) is 11.1 Å². The van der Waals surface area contributed by atoms with E-state index in [2.05, 4.69) is 9.55 Å². The highest BCUT2D eigenvalue weighted by Crippen LogP contribution is 2.41. The molecule has 1 aromatic heterocycles. The van der Waals surface area contributed by atoms with Gasteiger partial charge in [-0.3, -0.25) is 0 Å². The topological polar surface area (TPSA) is 43.8 Å². The first-order valence-electron chi connectivity index (χ1n) is 6.86. The minimum atomic E-state index is -0.417. The van der Waals surface area contributed by atoms with Gasteiger partial charge in [-0.1, -0.05) is 11.6 Å². The summed E-state index contributed by atoms with van der Waals surface area (Å²) in [7, 11) is 0. The first-order valence-corrected chi connectivity index (χ1v) is 7.24. The maximum absolute atomic E-state index is 13.7. The molecular formula is C16H13ClFN3. The minimum Gasteiger partial charge on any atom is -0.396 e. The number of benzene rings is 2. The largest absolute Gasteiger partial charge is 0.396 e. The fourth-order valence-corrected chi connectivity index (χ4v) is 2.81. The third kappa shape index (κ3) is 2.07. The van der Waals surface area contributed by atoms with Crippen molar-refractivity contribution in [1.82, 2.24) is 9.55 Å². The number of hydrogen-bond donors (Lipinski definition) is 1. The number of hydrogen-bond acceptors (Lipinski definition) is 2. The van der Waals surface area contributed by atoms with Crippen molar-refractivity contribution in [2.24, 2.45) is 0 Å². The molecular weight excluding hydrogens is 289 g/mol. The van der Waals surface area contributed by atoms with E-state index in [-0.39, 0.29) is 5.69 Å². The van der Waals surface area contributed by atoms with E-state index in [0.717, 1.165) is 35.3 Å². The molecule has 0 atom stereocenters. The SMILES string of the molecule is Nc1ccc(-c2nc3cc(Cl)ccc3n2C2CC2)cc1F. The van der Waals surface area contributed by atoms with Gasteiger partial charge in [-0.2, -0.15) is 0 Å². The van der Waals surface area contributed by atoms with Crippen LogP contribution < -0.4 is 5.73 Å². The molecule has 0 unspecified atom stereocenters. The Balaban J connectivity index is 1.98. The van der Waals surface area contributed by atoms with Crippen LogP contribution in [0.25, 0.3) is 22.4 Å². The molecule has 0 radical (unpaired) electrons. The lowest BCUT2D eigenvalue weighted by Crippen LogP contribution is -1.98. The Morgan fingerprint density at radius 1 is 1.19 bits per heavy atom. The Morgan fingerprint density at radius 3 is 2.71 bits per heavy atom. The second-order valence-electron chi connectivity index (χ2n) is 5.41. The third-order valence-electron chi connectivity index (χ3n) is 3.82. The summed E-state index contributed by atoms with van der Waals surface area (Å²) < 4.78 is 15.9. The molecule has 0 amide bonds. The molecule has 2 aromatic carbocycles. The molecule has 1 fully saturated rings. The van der Waals surface area contributed by atoms with Crippen LogP contribution in [0.15, 0.2) is 36.4 Å². The number of nitrogens with two attached hydrogens (primary N) is 1. The van der Waals surface area contributed by atoms with Gasteiger partial charge in [0.1, 0.15) is 11.6 Å². The zero-order chi connectivity index (χ0) is 14.6. The average molecular weight is 302 g/mol. The molecule has 2 N–H and O–H groups in total. The van der Waals surface area contributed by atoms with Crippen molar-refractivity contribution in [3.63, 3.8) is 0 Å². The number of anilines is 1. The van der Waals surface area contributed by atoms with E-state index in [1.807, 2.05) is 18.2 Å². The highest BCUT2D eigenvalue weighted by molar-refractivity contribution is 6.31. The lowest BCUT2D eigenvalue weighted by atomic mass is 10.2. The van der Waals surface area contributed by atoms with Crippen molar-refractivity contribution in [1.29, 1.82) is 0 Å². The van der Waals surface area contributed by atoms with Gasteiger partial charge >= 0.3 is 0 Å². The van der Waals surface area contributed by atoms with E-state index < -0.39 is 5.82 Å². The summed E-state index contributed by atoms with van der Waals surface area (Å²) in [4.78, 5) is 4.65. The van der Waals surface area contributed by atoms with Gasteiger partial charge in [0.2, 0.25) is 0 Å². The number of imidazole rings is 1. The van der Waals surface area contributed by atoms with Crippen molar-refractivity contribution in [3.05, 3.63) is 47.2 Å². The molecule has 3 aromatic rings. The van der Waals surface area contributed by atoms with Crippen LogP contribution in [0.1, 0.15) is 18.9 Å². The molecule has 1 heterocycles. The molecule has 1 aliphatic carbocycles. The Morgan fingerprint density at radius 2 is 2.00 bits per heavy atom. The zero-order valence-corrected chi connectivity index (χ0v) is 11.9. The van der Waals surface area contributed by atoms with Crippen molar-refractivity contribution in [3.8, 4) is 11.4 Å². The van der Waals surface area contributed by atoms with Gasteiger partial charge in [-0.25, -0.2) is 9.37 Å². The van der Waals surface area contributed by atoms with E-state index in [9.17, 15) is 4.39 Å². The second-order valence-corrected chi connectivity index (χ2v) is 5.84.